The molecule has 1 amide bonds. The average molecular weight is 281 g/mol. The number of esters is 1. The fraction of sp³-hybridized carbons (Fsp3) is 0.462. The van der Waals surface area contributed by atoms with Gasteiger partial charge in [0.2, 0.25) is 0 Å². The summed E-state index contributed by atoms with van der Waals surface area (Å²) in [5.74, 6) is -0.618. The SMILES string of the molecule is COC(=O)[C@@H](NC(=O)OCc1ccc(N)cn1)C(C)C. The zero-order chi connectivity index (χ0) is 15.1. The molecule has 0 spiro atoms. The Hall–Kier alpha value is -2.31. The molecule has 0 saturated heterocycles. The highest BCUT2D eigenvalue weighted by Gasteiger charge is 2.25. The third-order valence-electron chi connectivity index (χ3n) is 2.59. The van der Waals surface area contributed by atoms with Crippen molar-refractivity contribution >= 4 is 17.7 Å². The predicted molar refractivity (Wildman–Crippen MR) is 72.6 cm³/mol. The number of anilines is 1. The maximum atomic E-state index is 11.6. The van der Waals surface area contributed by atoms with Gasteiger partial charge >= 0.3 is 12.1 Å². The normalized spacial score (nSPS) is 11.8. The summed E-state index contributed by atoms with van der Waals surface area (Å²) in [5.41, 5.74) is 6.59. The number of hydrogen-bond acceptors (Lipinski definition) is 6. The first kappa shape index (κ1) is 15.7. The molecule has 0 aliphatic rings. The van der Waals surface area contributed by atoms with Gasteiger partial charge in [-0.2, -0.15) is 0 Å². The molecule has 3 N–H and O–H groups in total. The van der Waals surface area contributed by atoms with E-state index in [1.54, 1.807) is 26.0 Å². The van der Waals surface area contributed by atoms with Crippen molar-refractivity contribution in [3.8, 4) is 0 Å². The summed E-state index contributed by atoms with van der Waals surface area (Å²) in [4.78, 5) is 27.1. The van der Waals surface area contributed by atoms with Crippen LogP contribution in [0.1, 0.15) is 19.5 Å². The van der Waals surface area contributed by atoms with Crippen LogP contribution in [0.5, 0.6) is 0 Å². The molecular formula is C13H19N3O4. The molecule has 7 nitrogen and oxygen atoms in total. The highest BCUT2D eigenvalue weighted by Crippen LogP contribution is 2.05. The zero-order valence-corrected chi connectivity index (χ0v) is 11.8. The van der Waals surface area contributed by atoms with Gasteiger partial charge in [0, 0.05) is 0 Å². The van der Waals surface area contributed by atoms with E-state index in [1.807, 2.05) is 0 Å². The van der Waals surface area contributed by atoms with Gasteiger partial charge in [-0.3, -0.25) is 4.98 Å². The van der Waals surface area contributed by atoms with Gasteiger partial charge < -0.3 is 20.5 Å². The van der Waals surface area contributed by atoms with Crippen molar-refractivity contribution in [3.63, 3.8) is 0 Å². The molecule has 1 aromatic rings. The number of hydrogen-bond donors (Lipinski definition) is 2. The Morgan fingerprint density at radius 2 is 2.10 bits per heavy atom. The van der Waals surface area contributed by atoms with Gasteiger partial charge in [0.15, 0.2) is 0 Å². The lowest BCUT2D eigenvalue weighted by Gasteiger charge is -2.19. The van der Waals surface area contributed by atoms with E-state index >= 15 is 0 Å². The van der Waals surface area contributed by atoms with Gasteiger partial charge in [-0.15, -0.1) is 0 Å². The number of pyridine rings is 1. The van der Waals surface area contributed by atoms with E-state index in [1.165, 1.54) is 13.3 Å². The molecule has 0 aromatic carbocycles. The summed E-state index contributed by atoms with van der Waals surface area (Å²) >= 11 is 0. The summed E-state index contributed by atoms with van der Waals surface area (Å²) in [6.07, 6.45) is 0.773. The molecular weight excluding hydrogens is 262 g/mol. The number of amides is 1. The van der Waals surface area contributed by atoms with Gasteiger partial charge in [0.25, 0.3) is 0 Å². The van der Waals surface area contributed by atoms with Crippen LogP contribution >= 0.6 is 0 Å². The van der Waals surface area contributed by atoms with Crippen molar-refractivity contribution in [3.05, 3.63) is 24.0 Å². The lowest BCUT2D eigenvalue weighted by molar-refractivity contribution is -0.144. The quantitative estimate of drug-likeness (QED) is 0.783. The second kappa shape index (κ2) is 7.32. The Balaban J connectivity index is 2.49. The molecule has 1 heterocycles. The van der Waals surface area contributed by atoms with Crippen LogP contribution in [0.2, 0.25) is 0 Å². The molecule has 1 rings (SSSR count). The molecule has 0 aliphatic heterocycles. The Morgan fingerprint density at radius 1 is 1.40 bits per heavy atom. The van der Waals surface area contributed by atoms with Crippen LogP contribution in [0.15, 0.2) is 18.3 Å². The summed E-state index contributed by atoms with van der Waals surface area (Å²) in [6.45, 7) is 3.59. The molecule has 0 unspecified atom stereocenters. The van der Waals surface area contributed by atoms with Gasteiger partial charge in [0.05, 0.1) is 24.7 Å². The average Bonchev–Trinajstić information content (AvgIpc) is 2.43. The lowest BCUT2D eigenvalue weighted by Crippen LogP contribution is -2.45. The number of carbonyl (C=O) groups excluding carboxylic acids is 2. The first-order chi connectivity index (χ1) is 9.43. The lowest BCUT2D eigenvalue weighted by atomic mass is 10.1. The minimum Gasteiger partial charge on any atom is -0.467 e. The Kier molecular flexibility index (Phi) is 5.76. The first-order valence-corrected chi connectivity index (χ1v) is 6.15. The molecule has 0 fully saturated rings. The fourth-order valence-corrected chi connectivity index (χ4v) is 1.45. The second-order valence-electron chi connectivity index (χ2n) is 4.55. The Labute approximate surface area is 117 Å². The number of nitrogen functional groups attached to an aromatic ring is 1. The molecule has 1 atom stereocenters. The third-order valence-corrected chi connectivity index (χ3v) is 2.59. The molecule has 0 aliphatic carbocycles. The van der Waals surface area contributed by atoms with Crippen LogP contribution < -0.4 is 11.1 Å². The van der Waals surface area contributed by atoms with E-state index in [4.69, 9.17) is 10.5 Å². The van der Waals surface area contributed by atoms with E-state index < -0.39 is 18.1 Å². The number of alkyl carbamates (subject to hydrolysis) is 1. The number of ether oxygens (including phenoxy) is 2. The second-order valence-corrected chi connectivity index (χ2v) is 4.55. The van der Waals surface area contributed by atoms with Crippen LogP contribution in [-0.4, -0.2) is 30.2 Å². The highest BCUT2D eigenvalue weighted by atomic mass is 16.6. The maximum Gasteiger partial charge on any atom is 0.408 e. The van der Waals surface area contributed by atoms with Crippen molar-refractivity contribution in [2.24, 2.45) is 5.92 Å². The van der Waals surface area contributed by atoms with Crippen LogP contribution in [0.4, 0.5) is 10.5 Å². The standard InChI is InChI=1S/C13H19N3O4/c1-8(2)11(12(17)19-3)16-13(18)20-7-10-5-4-9(14)6-15-10/h4-6,8,11H,7,14H2,1-3H3,(H,16,18)/t11-/m0/s1. The van der Waals surface area contributed by atoms with Crippen molar-refractivity contribution in [1.29, 1.82) is 0 Å². The summed E-state index contributed by atoms with van der Waals surface area (Å²) < 4.78 is 9.60. The van der Waals surface area contributed by atoms with E-state index in [0.29, 0.717) is 11.4 Å². The Morgan fingerprint density at radius 3 is 2.60 bits per heavy atom. The summed E-state index contributed by atoms with van der Waals surface area (Å²) in [6, 6.07) is 2.57. The van der Waals surface area contributed by atoms with Crippen molar-refractivity contribution < 1.29 is 19.1 Å². The van der Waals surface area contributed by atoms with Crippen molar-refractivity contribution in [2.45, 2.75) is 26.5 Å². The summed E-state index contributed by atoms with van der Waals surface area (Å²) in [5, 5.41) is 2.46. The number of methoxy groups -OCH3 is 1. The van der Waals surface area contributed by atoms with Crippen LogP contribution in [0.3, 0.4) is 0 Å². The van der Waals surface area contributed by atoms with Gasteiger partial charge in [-0.25, -0.2) is 9.59 Å². The molecule has 110 valence electrons. The predicted octanol–water partition coefficient (Wildman–Crippen LogP) is 1.09. The smallest absolute Gasteiger partial charge is 0.408 e. The van der Waals surface area contributed by atoms with Crippen molar-refractivity contribution in [1.82, 2.24) is 10.3 Å². The first-order valence-electron chi connectivity index (χ1n) is 6.15. The monoisotopic (exact) mass is 281 g/mol. The van der Waals surface area contributed by atoms with Crippen LogP contribution in [0.25, 0.3) is 0 Å². The van der Waals surface area contributed by atoms with Crippen molar-refractivity contribution in [2.75, 3.05) is 12.8 Å². The van der Waals surface area contributed by atoms with Gasteiger partial charge in [0.1, 0.15) is 12.6 Å². The molecule has 0 saturated carbocycles. The minimum atomic E-state index is -0.744. The largest absolute Gasteiger partial charge is 0.467 e. The minimum absolute atomic E-state index is 0.00188. The molecule has 0 bridgehead atoms. The van der Waals surface area contributed by atoms with Gasteiger partial charge in [-0.05, 0) is 18.1 Å². The molecule has 0 radical (unpaired) electrons. The Bertz CT molecular complexity index is 459. The topological polar surface area (TPSA) is 104 Å². The summed E-state index contributed by atoms with van der Waals surface area (Å²) in [7, 11) is 1.27. The highest BCUT2D eigenvalue weighted by molar-refractivity contribution is 5.81. The van der Waals surface area contributed by atoms with E-state index in [-0.39, 0.29) is 12.5 Å². The maximum absolute atomic E-state index is 11.6. The van der Waals surface area contributed by atoms with E-state index in [0.717, 1.165) is 0 Å². The number of nitrogens with two attached hydrogens (primary N) is 1. The molecule has 20 heavy (non-hydrogen) atoms. The van der Waals surface area contributed by atoms with Crippen LogP contribution in [0, 0.1) is 5.92 Å². The molecule has 1 aromatic heterocycles. The van der Waals surface area contributed by atoms with E-state index in [2.05, 4.69) is 15.0 Å². The zero-order valence-electron chi connectivity index (χ0n) is 11.8. The number of nitrogens with one attached hydrogen (secondary N) is 1. The fourth-order valence-electron chi connectivity index (χ4n) is 1.45. The number of carbonyl (C=O) groups is 2. The van der Waals surface area contributed by atoms with Gasteiger partial charge in [-0.1, -0.05) is 13.8 Å². The number of rotatable bonds is 5. The van der Waals surface area contributed by atoms with E-state index in [9.17, 15) is 9.59 Å². The third kappa shape index (κ3) is 4.75. The van der Waals surface area contributed by atoms with Crippen LogP contribution in [-0.2, 0) is 20.9 Å². The molecule has 7 heteroatoms. The number of nitrogens with zero attached hydrogens (tertiary/aromatic N) is 1. The number of aromatic nitrogens is 1.